The number of urea groups is 1. The van der Waals surface area contributed by atoms with Crippen LogP contribution in [0.3, 0.4) is 0 Å². The van der Waals surface area contributed by atoms with Crippen molar-refractivity contribution >= 4 is 23.8 Å². The Balaban J connectivity index is 2.74. The lowest BCUT2D eigenvalue weighted by Crippen LogP contribution is -2.48. The molecule has 8 heteroatoms. The van der Waals surface area contributed by atoms with Crippen LogP contribution in [0.1, 0.15) is 31.1 Å². The normalized spacial score (nSPS) is 12.8. The maximum absolute atomic E-state index is 12.2. The Hall–Kier alpha value is -2.90. The number of primary amides is 1. The number of rotatable bonds is 6. The van der Waals surface area contributed by atoms with Crippen LogP contribution in [0.25, 0.3) is 0 Å². The highest BCUT2D eigenvalue weighted by Gasteiger charge is 2.29. The molecule has 1 aromatic carbocycles. The molecule has 1 rings (SSSR count). The van der Waals surface area contributed by atoms with Crippen molar-refractivity contribution in [3.8, 4) is 0 Å². The third kappa shape index (κ3) is 5.71. The van der Waals surface area contributed by atoms with Gasteiger partial charge in [-0.05, 0) is 25.0 Å². The number of imide groups is 1. The average Bonchev–Trinajstić information content (AvgIpc) is 2.51. The van der Waals surface area contributed by atoms with Gasteiger partial charge in [-0.25, -0.2) is 9.59 Å². The summed E-state index contributed by atoms with van der Waals surface area (Å²) in [5, 5.41) is 4.40. The van der Waals surface area contributed by atoms with Crippen molar-refractivity contribution in [2.75, 3.05) is 0 Å². The molecule has 4 amide bonds. The minimum atomic E-state index is -1.22. The number of carbonyl (C=O) groups excluding carboxylic acids is 4. The number of carbonyl (C=O) groups is 4. The van der Waals surface area contributed by atoms with Crippen LogP contribution in [0.15, 0.2) is 30.3 Å². The van der Waals surface area contributed by atoms with Crippen LogP contribution in [0.2, 0.25) is 0 Å². The van der Waals surface area contributed by atoms with E-state index in [0.717, 1.165) is 0 Å². The molecule has 0 heterocycles. The Morgan fingerprint density at radius 2 is 1.62 bits per heavy atom. The Kier molecular flexibility index (Phi) is 6.91. The number of nitrogens with one attached hydrogen (secondary N) is 2. The van der Waals surface area contributed by atoms with Crippen molar-refractivity contribution in [2.24, 2.45) is 11.7 Å². The minimum absolute atomic E-state index is 0.267. The Bertz CT molecular complexity index is 615. The molecule has 0 aliphatic carbocycles. The lowest BCUT2D eigenvalue weighted by atomic mass is 10.0. The second-order valence-corrected chi connectivity index (χ2v) is 5.49. The number of nitrogens with two attached hydrogens (primary N) is 1. The largest absolute Gasteiger partial charge is 0.451 e. The maximum Gasteiger partial charge on any atom is 0.329 e. The second-order valence-electron chi connectivity index (χ2n) is 5.49. The molecular weight excluding hydrogens is 314 g/mol. The number of hydrogen-bond acceptors (Lipinski definition) is 5. The summed E-state index contributed by atoms with van der Waals surface area (Å²) < 4.78 is 5.00. The summed E-state index contributed by atoms with van der Waals surface area (Å²) in [6.07, 6.45) is -1.22. The molecule has 130 valence electrons. The first-order valence-corrected chi connectivity index (χ1v) is 7.39. The van der Waals surface area contributed by atoms with E-state index in [1.807, 2.05) is 5.32 Å². The van der Waals surface area contributed by atoms with Crippen LogP contribution in [-0.2, 0) is 14.3 Å². The highest BCUT2D eigenvalue weighted by atomic mass is 16.5. The van der Waals surface area contributed by atoms with Crippen molar-refractivity contribution in [1.82, 2.24) is 10.6 Å². The van der Waals surface area contributed by atoms with Crippen LogP contribution < -0.4 is 16.4 Å². The van der Waals surface area contributed by atoms with Crippen LogP contribution in [0.5, 0.6) is 0 Å². The number of amides is 4. The molecule has 2 unspecified atom stereocenters. The van der Waals surface area contributed by atoms with E-state index in [1.165, 1.54) is 6.92 Å². The van der Waals surface area contributed by atoms with Gasteiger partial charge in [0.05, 0.1) is 0 Å². The summed E-state index contributed by atoms with van der Waals surface area (Å²) in [7, 11) is 0. The SMILES string of the molecule is CC(OC(=O)C(NC(=O)c1ccccc1)C(C)C)C(=O)NC(N)=O. The van der Waals surface area contributed by atoms with Gasteiger partial charge in [0.25, 0.3) is 11.8 Å². The first-order valence-electron chi connectivity index (χ1n) is 7.39. The van der Waals surface area contributed by atoms with E-state index in [1.54, 1.807) is 44.2 Å². The van der Waals surface area contributed by atoms with E-state index in [2.05, 4.69) is 5.32 Å². The van der Waals surface area contributed by atoms with Crippen LogP contribution in [0.4, 0.5) is 4.79 Å². The Morgan fingerprint density at radius 3 is 2.12 bits per heavy atom. The molecule has 24 heavy (non-hydrogen) atoms. The summed E-state index contributed by atoms with van der Waals surface area (Å²) in [6, 6.07) is 6.41. The summed E-state index contributed by atoms with van der Waals surface area (Å²) in [6.45, 7) is 4.75. The fourth-order valence-electron chi connectivity index (χ4n) is 1.84. The molecule has 0 bridgehead atoms. The van der Waals surface area contributed by atoms with E-state index in [0.29, 0.717) is 5.56 Å². The molecule has 0 spiro atoms. The quantitative estimate of drug-likeness (QED) is 0.655. The van der Waals surface area contributed by atoms with Crippen molar-refractivity contribution < 1.29 is 23.9 Å². The van der Waals surface area contributed by atoms with Crippen LogP contribution in [0, 0.1) is 5.92 Å². The zero-order chi connectivity index (χ0) is 18.3. The zero-order valence-corrected chi connectivity index (χ0v) is 13.7. The number of benzene rings is 1. The van der Waals surface area contributed by atoms with E-state index in [9.17, 15) is 19.2 Å². The second kappa shape index (κ2) is 8.66. The van der Waals surface area contributed by atoms with Gasteiger partial charge in [0.1, 0.15) is 6.04 Å². The van der Waals surface area contributed by atoms with E-state index < -0.39 is 36.0 Å². The van der Waals surface area contributed by atoms with Crippen molar-refractivity contribution in [1.29, 1.82) is 0 Å². The van der Waals surface area contributed by atoms with Gasteiger partial charge >= 0.3 is 12.0 Å². The first kappa shape index (κ1) is 19.1. The Labute approximate surface area is 139 Å². The molecule has 0 aromatic heterocycles. The van der Waals surface area contributed by atoms with Gasteiger partial charge in [-0.1, -0.05) is 32.0 Å². The van der Waals surface area contributed by atoms with Gasteiger partial charge in [0.2, 0.25) is 0 Å². The predicted molar refractivity (Wildman–Crippen MR) is 85.8 cm³/mol. The van der Waals surface area contributed by atoms with Crippen LogP contribution >= 0.6 is 0 Å². The molecule has 2 atom stereocenters. The van der Waals surface area contributed by atoms with Gasteiger partial charge < -0.3 is 15.8 Å². The van der Waals surface area contributed by atoms with Gasteiger partial charge in [-0.2, -0.15) is 0 Å². The van der Waals surface area contributed by atoms with Crippen molar-refractivity contribution in [3.63, 3.8) is 0 Å². The number of hydrogen-bond donors (Lipinski definition) is 3. The smallest absolute Gasteiger partial charge is 0.329 e. The van der Waals surface area contributed by atoms with E-state index in [-0.39, 0.29) is 5.92 Å². The fraction of sp³-hybridized carbons (Fsp3) is 0.375. The molecule has 4 N–H and O–H groups in total. The molecule has 0 aliphatic rings. The molecule has 0 aliphatic heterocycles. The molecular formula is C16H21N3O5. The minimum Gasteiger partial charge on any atom is -0.451 e. The topological polar surface area (TPSA) is 128 Å². The summed E-state index contributed by atoms with van der Waals surface area (Å²) >= 11 is 0. The van der Waals surface area contributed by atoms with Crippen molar-refractivity contribution in [3.05, 3.63) is 35.9 Å². The highest BCUT2D eigenvalue weighted by Crippen LogP contribution is 2.08. The third-order valence-electron chi connectivity index (χ3n) is 3.15. The maximum atomic E-state index is 12.2. The molecule has 0 fully saturated rings. The molecule has 1 aromatic rings. The summed E-state index contributed by atoms with van der Waals surface area (Å²) in [5.74, 6) is -2.31. The third-order valence-corrected chi connectivity index (χ3v) is 3.15. The predicted octanol–water partition coefficient (Wildman–Crippen LogP) is 0.568. The average molecular weight is 335 g/mol. The van der Waals surface area contributed by atoms with Crippen molar-refractivity contribution in [2.45, 2.75) is 32.9 Å². The van der Waals surface area contributed by atoms with E-state index >= 15 is 0 Å². The van der Waals surface area contributed by atoms with Gasteiger partial charge in [0.15, 0.2) is 6.10 Å². The fourth-order valence-corrected chi connectivity index (χ4v) is 1.84. The lowest BCUT2D eigenvalue weighted by Gasteiger charge is -2.22. The van der Waals surface area contributed by atoms with Gasteiger partial charge in [-0.15, -0.1) is 0 Å². The van der Waals surface area contributed by atoms with Gasteiger partial charge in [-0.3, -0.25) is 14.9 Å². The lowest BCUT2D eigenvalue weighted by molar-refractivity contribution is -0.157. The highest BCUT2D eigenvalue weighted by molar-refractivity contribution is 5.98. The number of ether oxygens (including phenoxy) is 1. The summed E-state index contributed by atoms with van der Waals surface area (Å²) in [5.41, 5.74) is 5.23. The number of esters is 1. The Morgan fingerprint density at radius 1 is 1.04 bits per heavy atom. The summed E-state index contributed by atoms with van der Waals surface area (Å²) in [4.78, 5) is 46.6. The molecule has 0 saturated heterocycles. The monoisotopic (exact) mass is 335 g/mol. The van der Waals surface area contributed by atoms with Crippen LogP contribution in [-0.4, -0.2) is 36.0 Å². The standard InChI is InChI=1S/C16H21N3O5/c1-9(2)12(18-14(21)11-7-5-4-6-8-11)15(22)24-10(3)13(20)19-16(17)23/h4-10,12H,1-3H3,(H,18,21)(H3,17,19,20,23). The molecule has 0 saturated carbocycles. The molecule has 0 radical (unpaired) electrons. The van der Waals surface area contributed by atoms with Gasteiger partial charge in [0, 0.05) is 5.56 Å². The zero-order valence-electron chi connectivity index (χ0n) is 13.7. The van der Waals surface area contributed by atoms with E-state index in [4.69, 9.17) is 10.5 Å². The molecule has 8 nitrogen and oxygen atoms in total. The first-order chi connectivity index (χ1) is 11.2.